The predicted molar refractivity (Wildman–Crippen MR) is 105 cm³/mol. The van der Waals surface area contributed by atoms with Crippen molar-refractivity contribution in [3.8, 4) is 5.75 Å². The number of amides is 1. The number of aliphatic imine (C=N–C) groups is 1. The smallest absolute Gasteiger partial charge is 0.387 e. The zero-order chi connectivity index (χ0) is 20.4. The maximum Gasteiger partial charge on any atom is 0.387 e. The van der Waals surface area contributed by atoms with Gasteiger partial charge >= 0.3 is 6.61 Å². The molecule has 0 unspecified atom stereocenters. The zero-order valence-corrected chi connectivity index (χ0v) is 16.0. The minimum absolute atomic E-state index is 0.0393. The topological polar surface area (TPSA) is 74.8 Å². The van der Waals surface area contributed by atoms with Gasteiger partial charge in [0.1, 0.15) is 5.75 Å². The second-order valence-electron chi connectivity index (χ2n) is 5.61. The van der Waals surface area contributed by atoms with Crippen LogP contribution in [0.2, 0.25) is 5.02 Å². The molecule has 3 N–H and O–H groups in total. The fourth-order valence-electron chi connectivity index (χ4n) is 2.35. The largest absolute Gasteiger partial charge is 0.434 e. The number of halogens is 3. The van der Waals surface area contributed by atoms with Gasteiger partial charge in [0, 0.05) is 42.8 Å². The minimum Gasteiger partial charge on any atom is -0.434 e. The predicted octanol–water partition coefficient (Wildman–Crippen LogP) is 3.04. The Balaban J connectivity index is 1.80. The average molecular weight is 411 g/mol. The Kier molecular flexibility index (Phi) is 8.48. The van der Waals surface area contributed by atoms with Crippen molar-refractivity contribution < 1.29 is 18.3 Å². The van der Waals surface area contributed by atoms with Crippen LogP contribution in [0.1, 0.15) is 15.9 Å². The van der Waals surface area contributed by atoms with Crippen molar-refractivity contribution in [1.82, 2.24) is 16.0 Å². The first-order valence-electron chi connectivity index (χ1n) is 8.50. The van der Waals surface area contributed by atoms with Crippen LogP contribution in [0.4, 0.5) is 8.78 Å². The molecule has 6 nitrogen and oxygen atoms in total. The van der Waals surface area contributed by atoms with Crippen LogP contribution in [0.5, 0.6) is 5.75 Å². The maximum atomic E-state index is 12.5. The van der Waals surface area contributed by atoms with Crippen LogP contribution >= 0.6 is 11.6 Å². The molecule has 0 radical (unpaired) electrons. The molecule has 0 spiro atoms. The Morgan fingerprint density at radius 3 is 2.50 bits per heavy atom. The van der Waals surface area contributed by atoms with Gasteiger partial charge in [0.15, 0.2) is 5.96 Å². The van der Waals surface area contributed by atoms with Crippen molar-refractivity contribution in [2.45, 2.75) is 13.2 Å². The van der Waals surface area contributed by atoms with E-state index in [9.17, 15) is 13.6 Å². The molecule has 0 heterocycles. The van der Waals surface area contributed by atoms with Crippen LogP contribution < -0.4 is 20.7 Å². The highest BCUT2D eigenvalue weighted by Gasteiger charge is 2.11. The van der Waals surface area contributed by atoms with Crippen molar-refractivity contribution in [1.29, 1.82) is 0 Å². The van der Waals surface area contributed by atoms with Crippen LogP contribution in [0.25, 0.3) is 0 Å². The highest BCUT2D eigenvalue weighted by Crippen LogP contribution is 2.24. The van der Waals surface area contributed by atoms with Gasteiger partial charge in [0.25, 0.3) is 5.91 Å². The van der Waals surface area contributed by atoms with E-state index in [0.717, 1.165) is 0 Å². The van der Waals surface area contributed by atoms with Gasteiger partial charge in [0.05, 0.1) is 0 Å². The monoisotopic (exact) mass is 410 g/mol. The summed E-state index contributed by atoms with van der Waals surface area (Å²) >= 11 is 5.93. The maximum absolute atomic E-state index is 12.5. The third-order valence-electron chi connectivity index (χ3n) is 3.65. The molecule has 28 heavy (non-hydrogen) atoms. The molecule has 0 aliphatic rings. The number of nitrogens with zero attached hydrogens (tertiary/aromatic N) is 1. The van der Waals surface area contributed by atoms with Crippen molar-refractivity contribution in [2.24, 2.45) is 4.99 Å². The van der Waals surface area contributed by atoms with E-state index in [-0.39, 0.29) is 18.2 Å². The third-order valence-corrected chi connectivity index (χ3v) is 3.88. The number of benzene rings is 2. The zero-order valence-electron chi connectivity index (χ0n) is 15.2. The van der Waals surface area contributed by atoms with E-state index in [1.807, 2.05) is 6.07 Å². The van der Waals surface area contributed by atoms with E-state index in [1.165, 1.54) is 12.1 Å². The van der Waals surface area contributed by atoms with Gasteiger partial charge in [-0.05, 0) is 30.3 Å². The van der Waals surface area contributed by atoms with Crippen molar-refractivity contribution in [3.63, 3.8) is 0 Å². The van der Waals surface area contributed by atoms with Crippen molar-refractivity contribution in [3.05, 3.63) is 64.7 Å². The Hall–Kier alpha value is -2.87. The van der Waals surface area contributed by atoms with Gasteiger partial charge in [-0.15, -0.1) is 0 Å². The molecular weight excluding hydrogens is 390 g/mol. The Labute approximate surface area is 166 Å². The SMILES string of the molecule is CN=C(NCCNC(=O)c1ccccc1)NCc1cc(Cl)ccc1OC(F)F. The molecule has 0 saturated heterocycles. The first-order valence-corrected chi connectivity index (χ1v) is 8.88. The van der Waals surface area contributed by atoms with Crippen LogP contribution in [0.3, 0.4) is 0 Å². The summed E-state index contributed by atoms with van der Waals surface area (Å²) in [4.78, 5) is 16.0. The Morgan fingerprint density at radius 1 is 1.11 bits per heavy atom. The lowest BCUT2D eigenvalue weighted by Crippen LogP contribution is -2.41. The van der Waals surface area contributed by atoms with E-state index in [0.29, 0.717) is 35.2 Å². The summed E-state index contributed by atoms with van der Waals surface area (Å²) in [5.41, 5.74) is 1.05. The van der Waals surface area contributed by atoms with Crippen LogP contribution in [-0.2, 0) is 6.54 Å². The van der Waals surface area contributed by atoms with E-state index in [4.69, 9.17) is 11.6 Å². The second-order valence-corrected chi connectivity index (χ2v) is 6.04. The fraction of sp³-hybridized carbons (Fsp3) is 0.263. The number of guanidine groups is 1. The number of nitrogens with one attached hydrogen (secondary N) is 3. The van der Waals surface area contributed by atoms with Gasteiger partial charge in [-0.3, -0.25) is 9.79 Å². The number of alkyl halides is 2. The van der Waals surface area contributed by atoms with E-state index in [1.54, 1.807) is 37.4 Å². The molecule has 1 amide bonds. The molecule has 0 fully saturated rings. The van der Waals surface area contributed by atoms with E-state index < -0.39 is 6.61 Å². The lowest BCUT2D eigenvalue weighted by molar-refractivity contribution is -0.0504. The van der Waals surface area contributed by atoms with Gasteiger partial charge in [-0.2, -0.15) is 8.78 Å². The fourth-order valence-corrected chi connectivity index (χ4v) is 2.54. The molecular formula is C19H21ClF2N4O2. The lowest BCUT2D eigenvalue weighted by atomic mass is 10.2. The Bertz CT molecular complexity index is 804. The molecule has 0 saturated carbocycles. The number of carbonyl (C=O) groups excluding carboxylic acids is 1. The highest BCUT2D eigenvalue weighted by molar-refractivity contribution is 6.30. The van der Waals surface area contributed by atoms with E-state index in [2.05, 4.69) is 25.7 Å². The lowest BCUT2D eigenvalue weighted by Gasteiger charge is -2.15. The van der Waals surface area contributed by atoms with Crippen molar-refractivity contribution in [2.75, 3.05) is 20.1 Å². The average Bonchev–Trinajstić information content (AvgIpc) is 2.69. The van der Waals surface area contributed by atoms with Crippen LogP contribution in [0, 0.1) is 0 Å². The summed E-state index contributed by atoms with van der Waals surface area (Å²) in [6.45, 7) is -1.94. The molecule has 0 bridgehead atoms. The first kappa shape index (κ1) is 21.4. The molecule has 2 aromatic carbocycles. The minimum atomic E-state index is -2.93. The first-order chi connectivity index (χ1) is 13.5. The van der Waals surface area contributed by atoms with Crippen LogP contribution in [0.15, 0.2) is 53.5 Å². The molecule has 2 aromatic rings. The summed E-state index contributed by atoms with van der Waals surface area (Å²) in [5.74, 6) is 0.312. The summed E-state index contributed by atoms with van der Waals surface area (Å²) in [7, 11) is 1.58. The number of carbonyl (C=O) groups is 1. The van der Waals surface area contributed by atoms with Gasteiger partial charge in [0.2, 0.25) is 0 Å². The normalized spacial score (nSPS) is 11.2. The Morgan fingerprint density at radius 2 is 1.82 bits per heavy atom. The number of hydrogen-bond donors (Lipinski definition) is 3. The van der Waals surface area contributed by atoms with Gasteiger partial charge < -0.3 is 20.7 Å². The third kappa shape index (κ3) is 7.03. The molecule has 0 aromatic heterocycles. The van der Waals surface area contributed by atoms with Crippen LogP contribution in [-0.4, -0.2) is 38.6 Å². The van der Waals surface area contributed by atoms with Gasteiger partial charge in [-0.25, -0.2) is 0 Å². The molecule has 150 valence electrons. The van der Waals surface area contributed by atoms with Gasteiger partial charge in [-0.1, -0.05) is 29.8 Å². The van der Waals surface area contributed by atoms with E-state index >= 15 is 0 Å². The van der Waals surface area contributed by atoms with Crippen molar-refractivity contribution >= 4 is 23.5 Å². The number of hydrogen-bond acceptors (Lipinski definition) is 3. The molecule has 0 atom stereocenters. The molecule has 2 rings (SSSR count). The number of rotatable bonds is 8. The molecule has 9 heteroatoms. The summed E-state index contributed by atoms with van der Waals surface area (Å²) in [6.07, 6.45) is 0. The summed E-state index contributed by atoms with van der Waals surface area (Å²) < 4.78 is 29.5. The molecule has 0 aliphatic carbocycles. The standard InChI is InChI=1S/C19H21ClF2N4O2/c1-23-19(25-10-9-24-17(27)13-5-3-2-4-6-13)26-12-14-11-15(20)7-8-16(14)28-18(21)22/h2-8,11,18H,9-10,12H2,1H3,(H,24,27)(H2,23,25,26). The summed E-state index contributed by atoms with van der Waals surface area (Å²) in [5, 5.41) is 9.21. The summed E-state index contributed by atoms with van der Waals surface area (Å²) in [6, 6.07) is 13.3. The number of ether oxygens (including phenoxy) is 1. The second kappa shape index (κ2) is 11.1. The highest BCUT2D eigenvalue weighted by atomic mass is 35.5. The molecule has 0 aliphatic heterocycles. The quantitative estimate of drug-likeness (QED) is 0.355.